The van der Waals surface area contributed by atoms with Gasteiger partial charge in [0.25, 0.3) is 0 Å². The van der Waals surface area contributed by atoms with Gasteiger partial charge in [0.1, 0.15) is 5.75 Å². The zero-order valence-corrected chi connectivity index (χ0v) is 15.0. The number of methoxy groups -OCH3 is 1. The molecule has 0 spiro atoms. The van der Waals surface area contributed by atoms with Crippen molar-refractivity contribution in [2.45, 2.75) is 26.2 Å². The Kier molecular flexibility index (Phi) is 4.24. The lowest BCUT2D eigenvalue weighted by Gasteiger charge is -2.16. The standard InChI is InChI=1S/C18H20N4OS/c1-18(2,3)16-20-21-17(24)22(16)19-11-14-13-8-6-5-7-12(13)9-10-15(14)23-4/h5-11H,1-4H3,(H,21,24)/b19-11-. The van der Waals surface area contributed by atoms with E-state index in [1.54, 1.807) is 18.0 Å². The third kappa shape index (κ3) is 2.97. The van der Waals surface area contributed by atoms with Gasteiger partial charge in [-0.05, 0) is 29.1 Å². The smallest absolute Gasteiger partial charge is 0.216 e. The van der Waals surface area contributed by atoms with Gasteiger partial charge in [0, 0.05) is 11.0 Å². The van der Waals surface area contributed by atoms with Gasteiger partial charge < -0.3 is 4.74 Å². The van der Waals surface area contributed by atoms with E-state index in [2.05, 4.69) is 48.2 Å². The fraction of sp³-hybridized carbons (Fsp3) is 0.278. The number of nitrogens with one attached hydrogen (secondary N) is 1. The van der Waals surface area contributed by atoms with Crippen LogP contribution in [0.25, 0.3) is 10.8 Å². The molecular weight excluding hydrogens is 320 g/mol. The van der Waals surface area contributed by atoms with E-state index in [0.717, 1.165) is 27.9 Å². The summed E-state index contributed by atoms with van der Waals surface area (Å²) in [6, 6.07) is 12.1. The highest BCUT2D eigenvalue weighted by Crippen LogP contribution is 2.27. The summed E-state index contributed by atoms with van der Waals surface area (Å²) in [4.78, 5) is 0. The molecule has 0 aliphatic rings. The van der Waals surface area contributed by atoms with Gasteiger partial charge in [0.15, 0.2) is 5.82 Å². The largest absolute Gasteiger partial charge is 0.496 e. The van der Waals surface area contributed by atoms with Crippen LogP contribution in [-0.2, 0) is 5.41 Å². The van der Waals surface area contributed by atoms with Crippen LogP contribution in [0.15, 0.2) is 41.5 Å². The molecule has 0 fully saturated rings. The Morgan fingerprint density at radius 1 is 1.21 bits per heavy atom. The fourth-order valence-electron chi connectivity index (χ4n) is 2.59. The molecule has 0 aliphatic heterocycles. The summed E-state index contributed by atoms with van der Waals surface area (Å²) in [6.45, 7) is 6.22. The maximum Gasteiger partial charge on any atom is 0.216 e. The van der Waals surface area contributed by atoms with Crippen molar-refractivity contribution in [3.63, 3.8) is 0 Å². The van der Waals surface area contributed by atoms with E-state index >= 15 is 0 Å². The van der Waals surface area contributed by atoms with Crippen molar-refractivity contribution in [2.24, 2.45) is 5.10 Å². The second kappa shape index (κ2) is 6.20. The molecule has 3 rings (SSSR count). The van der Waals surface area contributed by atoms with E-state index < -0.39 is 0 Å². The Labute approximate surface area is 146 Å². The quantitative estimate of drug-likeness (QED) is 0.572. The predicted molar refractivity (Wildman–Crippen MR) is 99.6 cm³/mol. The molecule has 124 valence electrons. The number of aromatic amines is 1. The Balaban J connectivity index is 2.16. The van der Waals surface area contributed by atoms with E-state index in [9.17, 15) is 0 Å². The van der Waals surface area contributed by atoms with Gasteiger partial charge in [-0.3, -0.25) is 5.10 Å². The van der Waals surface area contributed by atoms with E-state index in [-0.39, 0.29) is 5.41 Å². The summed E-state index contributed by atoms with van der Waals surface area (Å²) < 4.78 is 7.63. The highest BCUT2D eigenvalue weighted by molar-refractivity contribution is 7.71. The summed E-state index contributed by atoms with van der Waals surface area (Å²) in [5, 5.41) is 13.9. The first-order chi connectivity index (χ1) is 11.4. The van der Waals surface area contributed by atoms with Gasteiger partial charge in [-0.2, -0.15) is 14.9 Å². The molecule has 6 heteroatoms. The Morgan fingerprint density at radius 2 is 1.96 bits per heavy atom. The number of hydrogen-bond acceptors (Lipinski definition) is 4. The van der Waals surface area contributed by atoms with Crippen molar-refractivity contribution in [3.8, 4) is 5.75 Å². The summed E-state index contributed by atoms with van der Waals surface area (Å²) in [7, 11) is 1.66. The Morgan fingerprint density at radius 3 is 2.67 bits per heavy atom. The van der Waals surface area contributed by atoms with Crippen LogP contribution in [0.3, 0.4) is 0 Å². The molecule has 1 heterocycles. The number of H-pyrrole nitrogens is 1. The summed E-state index contributed by atoms with van der Waals surface area (Å²) in [5.41, 5.74) is 0.742. The van der Waals surface area contributed by atoms with Crippen LogP contribution < -0.4 is 4.74 Å². The SMILES string of the molecule is COc1ccc2ccccc2c1/C=N\n1c(C(C)(C)C)n[nH]c1=S. The lowest BCUT2D eigenvalue weighted by molar-refractivity contribution is 0.415. The molecule has 24 heavy (non-hydrogen) atoms. The van der Waals surface area contributed by atoms with Crippen molar-refractivity contribution < 1.29 is 4.74 Å². The number of hydrogen-bond donors (Lipinski definition) is 1. The van der Waals surface area contributed by atoms with Gasteiger partial charge in [0.2, 0.25) is 4.77 Å². The predicted octanol–water partition coefficient (Wildman–Crippen LogP) is 4.28. The highest BCUT2D eigenvalue weighted by atomic mass is 32.1. The molecule has 1 N–H and O–H groups in total. The molecule has 0 aliphatic carbocycles. The molecule has 1 aromatic heterocycles. The summed E-state index contributed by atoms with van der Waals surface area (Å²) in [5.74, 6) is 1.55. The van der Waals surface area contributed by atoms with Crippen LogP contribution in [0, 0.1) is 4.77 Å². The number of rotatable bonds is 3. The number of nitrogens with zero attached hydrogens (tertiary/aromatic N) is 3. The maximum atomic E-state index is 5.50. The van der Waals surface area contributed by atoms with E-state index in [4.69, 9.17) is 17.0 Å². The minimum atomic E-state index is -0.173. The molecule has 2 aromatic carbocycles. The molecule has 0 saturated heterocycles. The molecule has 0 amide bonds. The van der Waals surface area contributed by atoms with Gasteiger partial charge >= 0.3 is 0 Å². The Bertz CT molecular complexity index is 963. The topological polar surface area (TPSA) is 55.2 Å². The highest BCUT2D eigenvalue weighted by Gasteiger charge is 2.21. The van der Waals surface area contributed by atoms with Crippen molar-refractivity contribution in [1.82, 2.24) is 14.9 Å². The zero-order valence-electron chi connectivity index (χ0n) is 14.2. The zero-order chi connectivity index (χ0) is 17.3. The molecule has 0 atom stereocenters. The second-order valence-electron chi connectivity index (χ2n) is 6.56. The number of benzene rings is 2. The molecule has 5 nitrogen and oxygen atoms in total. The van der Waals surface area contributed by atoms with E-state index in [0.29, 0.717) is 4.77 Å². The first-order valence-corrected chi connectivity index (χ1v) is 8.10. The number of fused-ring (bicyclic) bond motifs is 1. The second-order valence-corrected chi connectivity index (χ2v) is 6.95. The Hall–Kier alpha value is -2.47. The molecular formula is C18H20N4OS. The molecule has 0 saturated carbocycles. The maximum absolute atomic E-state index is 5.50. The van der Waals surface area contributed by atoms with E-state index in [1.807, 2.05) is 24.3 Å². The van der Waals surface area contributed by atoms with Crippen LogP contribution in [0.4, 0.5) is 0 Å². The lowest BCUT2D eigenvalue weighted by Crippen LogP contribution is -2.17. The van der Waals surface area contributed by atoms with Crippen molar-refractivity contribution in [1.29, 1.82) is 0 Å². The first-order valence-electron chi connectivity index (χ1n) is 7.70. The number of ether oxygens (including phenoxy) is 1. The van der Waals surface area contributed by atoms with Crippen molar-refractivity contribution in [3.05, 3.63) is 52.6 Å². The average molecular weight is 340 g/mol. The monoisotopic (exact) mass is 340 g/mol. The van der Waals surface area contributed by atoms with Crippen LogP contribution in [0.1, 0.15) is 32.2 Å². The first kappa shape index (κ1) is 16.4. The molecule has 3 aromatic rings. The average Bonchev–Trinajstić information content (AvgIpc) is 2.93. The fourth-order valence-corrected chi connectivity index (χ4v) is 2.77. The molecule has 0 unspecified atom stereocenters. The molecule has 0 bridgehead atoms. The van der Waals surface area contributed by atoms with Crippen molar-refractivity contribution in [2.75, 3.05) is 7.11 Å². The summed E-state index contributed by atoms with van der Waals surface area (Å²) >= 11 is 5.31. The number of aromatic nitrogens is 3. The van der Waals surface area contributed by atoms with Gasteiger partial charge in [-0.25, -0.2) is 0 Å². The van der Waals surface area contributed by atoms with Crippen LogP contribution >= 0.6 is 12.2 Å². The van der Waals surface area contributed by atoms with E-state index in [1.165, 1.54) is 0 Å². The third-order valence-electron chi connectivity index (χ3n) is 3.77. The normalized spacial score (nSPS) is 12.2. The van der Waals surface area contributed by atoms with Crippen molar-refractivity contribution >= 4 is 29.2 Å². The molecule has 0 radical (unpaired) electrons. The lowest BCUT2D eigenvalue weighted by atomic mass is 9.96. The van der Waals surface area contributed by atoms with Crippen LogP contribution in [0.2, 0.25) is 0 Å². The van der Waals surface area contributed by atoms with Crippen LogP contribution in [0.5, 0.6) is 5.75 Å². The van der Waals surface area contributed by atoms with Gasteiger partial charge in [0.05, 0.1) is 13.3 Å². The minimum Gasteiger partial charge on any atom is -0.496 e. The minimum absolute atomic E-state index is 0.173. The third-order valence-corrected chi connectivity index (χ3v) is 4.04. The van der Waals surface area contributed by atoms with Gasteiger partial charge in [-0.15, -0.1) is 0 Å². The summed E-state index contributed by atoms with van der Waals surface area (Å²) in [6.07, 6.45) is 1.78. The van der Waals surface area contributed by atoms with Gasteiger partial charge in [-0.1, -0.05) is 51.1 Å². The van der Waals surface area contributed by atoms with Crippen LogP contribution in [-0.4, -0.2) is 28.2 Å².